The molecule has 0 radical (unpaired) electrons. The highest BCUT2D eigenvalue weighted by Crippen LogP contribution is 2.39. The van der Waals surface area contributed by atoms with E-state index >= 15 is 0 Å². The zero-order valence-corrected chi connectivity index (χ0v) is 15.4. The minimum Gasteiger partial charge on any atom is -0.307 e. The molecule has 2 unspecified atom stereocenters. The first-order valence-electron chi connectivity index (χ1n) is 8.50. The second-order valence-corrected chi connectivity index (χ2v) is 9.20. The van der Waals surface area contributed by atoms with Crippen molar-refractivity contribution in [2.75, 3.05) is 0 Å². The normalized spacial score (nSPS) is 23.8. The van der Waals surface area contributed by atoms with E-state index in [1.807, 2.05) is 11.3 Å². The molecule has 1 aromatic heterocycles. The number of thiazole rings is 1. The summed E-state index contributed by atoms with van der Waals surface area (Å²) < 4.78 is 0. The van der Waals surface area contributed by atoms with E-state index in [2.05, 4.69) is 46.9 Å². The van der Waals surface area contributed by atoms with Crippen LogP contribution in [0.4, 0.5) is 0 Å². The van der Waals surface area contributed by atoms with Crippen LogP contribution >= 0.6 is 11.3 Å². The van der Waals surface area contributed by atoms with E-state index in [0.29, 0.717) is 11.8 Å². The highest BCUT2D eigenvalue weighted by atomic mass is 32.1. The van der Waals surface area contributed by atoms with Crippen molar-refractivity contribution in [3.8, 4) is 0 Å². The Morgan fingerprint density at radius 1 is 1.29 bits per heavy atom. The molecule has 1 fully saturated rings. The fourth-order valence-electron chi connectivity index (χ4n) is 3.14. The minimum absolute atomic E-state index is 0.164. The molecule has 0 spiro atoms. The predicted molar refractivity (Wildman–Crippen MR) is 93.2 cm³/mol. The van der Waals surface area contributed by atoms with Gasteiger partial charge in [0.1, 0.15) is 0 Å². The van der Waals surface area contributed by atoms with Crippen molar-refractivity contribution in [3.63, 3.8) is 0 Å². The van der Waals surface area contributed by atoms with Crippen LogP contribution in [-0.2, 0) is 6.54 Å². The highest BCUT2D eigenvalue weighted by Gasteiger charge is 2.25. The molecule has 1 aliphatic rings. The number of nitrogens with zero attached hydrogens (tertiary/aromatic N) is 1. The lowest BCUT2D eigenvalue weighted by atomic mass is 9.83. The van der Waals surface area contributed by atoms with Crippen molar-refractivity contribution in [2.24, 2.45) is 5.92 Å². The molecule has 2 rings (SSSR count). The third-order valence-electron chi connectivity index (χ3n) is 4.36. The Hall–Kier alpha value is -0.410. The molecular weight excluding hydrogens is 276 g/mol. The van der Waals surface area contributed by atoms with Gasteiger partial charge < -0.3 is 5.32 Å². The minimum atomic E-state index is 0.164. The summed E-state index contributed by atoms with van der Waals surface area (Å²) in [5.41, 5.74) is 1.49. The lowest BCUT2D eigenvalue weighted by Gasteiger charge is -2.25. The summed E-state index contributed by atoms with van der Waals surface area (Å²) in [5.74, 6) is 2.10. The molecule has 0 saturated heterocycles. The van der Waals surface area contributed by atoms with Crippen molar-refractivity contribution in [1.29, 1.82) is 0 Å². The van der Waals surface area contributed by atoms with Crippen LogP contribution < -0.4 is 5.32 Å². The first-order chi connectivity index (χ1) is 9.76. The number of hydrogen-bond acceptors (Lipinski definition) is 3. The van der Waals surface area contributed by atoms with E-state index in [-0.39, 0.29) is 5.54 Å². The fourth-order valence-corrected chi connectivity index (χ4v) is 4.45. The van der Waals surface area contributed by atoms with E-state index in [1.54, 1.807) is 0 Å². The molecule has 0 aliphatic heterocycles. The number of hydrogen-bond donors (Lipinski definition) is 1. The molecule has 1 saturated carbocycles. The SMILES string of the molecule is CC1CCCC(c2nc(C(C)C)c(CNC(C)(C)C)s2)C1. The van der Waals surface area contributed by atoms with E-state index in [9.17, 15) is 0 Å². The third kappa shape index (κ3) is 4.79. The zero-order chi connectivity index (χ0) is 15.6. The summed E-state index contributed by atoms with van der Waals surface area (Å²) in [6, 6.07) is 0. The van der Waals surface area contributed by atoms with Gasteiger partial charge in [0.2, 0.25) is 0 Å². The number of rotatable bonds is 4. The van der Waals surface area contributed by atoms with Gasteiger partial charge in [-0.25, -0.2) is 4.98 Å². The predicted octanol–water partition coefficient (Wildman–Crippen LogP) is 5.45. The summed E-state index contributed by atoms with van der Waals surface area (Å²) in [6.07, 6.45) is 5.44. The maximum atomic E-state index is 5.05. The van der Waals surface area contributed by atoms with Crippen LogP contribution in [0.2, 0.25) is 0 Å². The van der Waals surface area contributed by atoms with E-state index in [4.69, 9.17) is 4.98 Å². The van der Waals surface area contributed by atoms with E-state index < -0.39 is 0 Å². The van der Waals surface area contributed by atoms with Crippen LogP contribution in [-0.4, -0.2) is 10.5 Å². The summed E-state index contributed by atoms with van der Waals surface area (Å²) in [7, 11) is 0. The lowest BCUT2D eigenvalue weighted by Crippen LogP contribution is -2.35. The second kappa shape index (κ2) is 6.78. The summed E-state index contributed by atoms with van der Waals surface area (Å²) >= 11 is 1.96. The molecule has 1 heterocycles. The third-order valence-corrected chi connectivity index (χ3v) is 5.59. The van der Waals surface area contributed by atoms with Gasteiger partial charge >= 0.3 is 0 Å². The molecular formula is C18H32N2S. The fraction of sp³-hybridized carbons (Fsp3) is 0.833. The number of nitrogens with one attached hydrogen (secondary N) is 1. The van der Waals surface area contributed by atoms with Gasteiger partial charge in [0.15, 0.2) is 0 Å². The van der Waals surface area contributed by atoms with Gasteiger partial charge in [0.05, 0.1) is 10.7 Å². The number of aromatic nitrogens is 1. The standard InChI is InChI=1S/C18H32N2S/c1-12(2)16-15(11-19-18(4,5)6)21-17(20-16)14-9-7-8-13(3)10-14/h12-14,19H,7-11H2,1-6H3. The molecule has 1 aliphatic carbocycles. The topological polar surface area (TPSA) is 24.9 Å². The van der Waals surface area contributed by atoms with Crippen molar-refractivity contribution in [1.82, 2.24) is 10.3 Å². The maximum Gasteiger partial charge on any atom is 0.0962 e. The second-order valence-electron chi connectivity index (χ2n) is 8.09. The van der Waals surface area contributed by atoms with Crippen molar-refractivity contribution in [2.45, 2.75) is 91.1 Å². The molecule has 0 amide bonds. The Balaban J connectivity index is 2.16. The van der Waals surface area contributed by atoms with Gasteiger partial charge in [-0.3, -0.25) is 0 Å². The smallest absolute Gasteiger partial charge is 0.0962 e. The van der Waals surface area contributed by atoms with Crippen LogP contribution in [0, 0.1) is 5.92 Å². The Morgan fingerprint density at radius 3 is 2.57 bits per heavy atom. The monoisotopic (exact) mass is 308 g/mol. The molecule has 0 aromatic carbocycles. The van der Waals surface area contributed by atoms with Crippen molar-refractivity contribution < 1.29 is 0 Å². The summed E-state index contributed by atoms with van der Waals surface area (Å²) in [4.78, 5) is 6.50. The zero-order valence-electron chi connectivity index (χ0n) is 14.6. The Kier molecular flexibility index (Phi) is 5.48. The van der Waals surface area contributed by atoms with Gasteiger partial charge in [-0.15, -0.1) is 11.3 Å². The van der Waals surface area contributed by atoms with Gasteiger partial charge in [0, 0.05) is 22.9 Å². The van der Waals surface area contributed by atoms with Crippen LogP contribution in [0.3, 0.4) is 0 Å². The van der Waals surface area contributed by atoms with Gasteiger partial charge in [-0.2, -0.15) is 0 Å². The van der Waals surface area contributed by atoms with Crippen molar-refractivity contribution >= 4 is 11.3 Å². The average Bonchev–Trinajstić information content (AvgIpc) is 2.80. The van der Waals surface area contributed by atoms with Gasteiger partial charge in [-0.1, -0.05) is 33.6 Å². The molecule has 1 N–H and O–H groups in total. The van der Waals surface area contributed by atoms with Crippen LogP contribution in [0.15, 0.2) is 0 Å². The summed E-state index contributed by atoms with van der Waals surface area (Å²) in [5, 5.41) is 5.03. The first kappa shape index (κ1) is 17.0. The Morgan fingerprint density at radius 2 is 2.00 bits per heavy atom. The molecule has 21 heavy (non-hydrogen) atoms. The first-order valence-corrected chi connectivity index (χ1v) is 9.32. The largest absolute Gasteiger partial charge is 0.307 e. The molecule has 0 bridgehead atoms. The molecule has 2 nitrogen and oxygen atoms in total. The lowest BCUT2D eigenvalue weighted by molar-refractivity contribution is 0.343. The van der Waals surface area contributed by atoms with Crippen molar-refractivity contribution in [3.05, 3.63) is 15.6 Å². The maximum absolute atomic E-state index is 5.05. The molecule has 2 atom stereocenters. The van der Waals surface area contributed by atoms with E-state index in [1.165, 1.54) is 41.3 Å². The van der Waals surface area contributed by atoms with Gasteiger partial charge in [-0.05, 0) is 45.4 Å². The van der Waals surface area contributed by atoms with Gasteiger partial charge in [0.25, 0.3) is 0 Å². The van der Waals surface area contributed by atoms with Crippen LogP contribution in [0.5, 0.6) is 0 Å². The van der Waals surface area contributed by atoms with Crippen LogP contribution in [0.1, 0.15) is 94.6 Å². The van der Waals surface area contributed by atoms with E-state index in [0.717, 1.165) is 12.5 Å². The average molecular weight is 309 g/mol. The van der Waals surface area contributed by atoms with Crippen LogP contribution in [0.25, 0.3) is 0 Å². The highest BCUT2D eigenvalue weighted by molar-refractivity contribution is 7.11. The summed E-state index contributed by atoms with van der Waals surface area (Å²) in [6.45, 7) is 14.6. The Labute approximate surface area is 134 Å². The molecule has 3 heteroatoms. The molecule has 1 aromatic rings. The Bertz CT molecular complexity index is 456. The quantitative estimate of drug-likeness (QED) is 0.800. The molecule has 120 valence electrons.